The number of fused-ring (bicyclic) bond motifs is 2. The van der Waals surface area contributed by atoms with E-state index >= 15 is 0 Å². The predicted octanol–water partition coefficient (Wildman–Crippen LogP) is 1.08. The Kier molecular flexibility index (Phi) is 1.62. The number of hydrogen-bond donors (Lipinski definition) is 1. The zero-order valence-electron chi connectivity index (χ0n) is 7.65. The maximum absolute atomic E-state index is 11.8. The van der Waals surface area contributed by atoms with Crippen LogP contribution in [0.4, 0.5) is 5.69 Å². The van der Waals surface area contributed by atoms with E-state index in [0.29, 0.717) is 0 Å². The molecule has 1 amide bonds. The Hall–Kier alpha value is -1.49. The molecule has 1 aromatic rings. The smallest absolute Gasteiger partial charge is 0.318 e. The van der Waals surface area contributed by atoms with E-state index < -0.39 is 4.93 Å². The highest BCUT2D eigenvalue weighted by atomic mass is 32.2. The van der Waals surface area contributed by atoms with Crippen molar-refractivity contribution in [1.29, 1.82) is 0 Å². The zero-order chi connectivity index (χ0) is 10.5. The molecule has 1 fully saturated rings. The summed E-state index contributed by atoms with van der Waals surface area (Å²) >= 11 is 1.23. The van der Waals surface area contributed by atoms with Gasteiger partial charge in [-0.3, -0.25) is 9.59 Å². The van der Waals surface area contributed by atoms with E-state index in [0.717, 1.165) is 11.3 Å². The third kappa shape index (κ3) is 1.04. The SMILES string of the molecule is O=C1CSC2(O1)C(=O)Nc1ccccc12. The second kappa shape index (κ2) is 2.76. The minimum Gasteiger partial charge on any atom is -0.433 e. The minimum atomic E-state index is -1.13. The molecule has 0 bridgehead atoms. The fourth-order valence-corrected chi connectivity index (χ4v) is 2.88. The molecule has 2 aliphatic heterocycles. The molecule has 2 aliphatic rings. The number of para-hydroxylation sites is 1. The van der Waals surface area contributed by atoms with Gasteiger partial charge >= 0.3 is 5.97 Å². The van der Waals surface area contributed by atoms with Gasteiger partial charge in [-0.2, -0.15) is 0 Å². The lowest BCUT2D eigenvalue weighted by Crippen LogP contribution is -2.31. The van der Waals surface area contributed by atoms with Crippen LogP contribution in [-0.2, 0) is 19.3 Å². The van der Waals surface area contributed by atoms with Crippen LogP contribution in [-0.4, -0.2) is 17.6 Å². The molecule has 0 aliphatic carbocycles. The topological polar surface area (TPSA) is 55.4 Å². The average molecular weight is 221 g/mol. The summed E-state index contributed by atoms with van der Waals surface area (Å²) in [6.07, 6.45) is 0. The highest BCUT2D eigenvalue weighted by Gasteiger charge is 2.54. The second-order valence-electron chi connectivity index (χ2n) is 3.38. The van der Waals surface area contributed by atoms with E-state index in [1.165, 1.54) is 11.8 Å². The van der Waals surface area contributed by atoms with Crippen LogP contribution in [0.15, 0.2) is 24.3 Å². The van der Waals surface area contributed by atoms with Crippen molar-refractivity contribution in [2.24, 2.45) is 0 Å². The maximum Gasteiger partial charge on any atom is 0.318 e. The molecule has 0 aromatic heterocycles. The lowest BCUT2D eigenvalue weighted by molar-refractivity contribution is -0.152. The molecule has 76 valence electrons. The molecule has 4 nitrogen and oxygen atoms in total. The largest absolute Gasteiger partial charge is 0.433 e. The summed E-state index contributed by atoms with van der Waals surface area (Å²) in [4.78, 5) is 21.8. The first-order valence-corrected chi connectivity index (χ1v) is 5.48. The molecule has 0 saturated carbocycles. The number of rotatable bonds is 0. The van der Waals surface area contributed by atoms with Crippen LogP contribution in [0.3, 0.4) is 0 Å². The Morgan fingerprint density at radius 1 is 1.33 bits per heavy atom. The van der Waals surface area contributed by atoms with Crippen LogP contribution in [0.5, 0.6) is 0 Å². The summed E-state index contributed by atoms with van der Waals surface area (Å²) in [5.41, 5.74) is 1.47. The number of carbonyl (C=O) groups is 2. The van der Waals surface area contributed by atoms with Crippen molar-refractivity contribution in [1.82, 2.24) is 0 Å². The van der Waals surface area contributed by atoms with Crippen molar-refractivity contribution in [3.05, 3.63) is 29.8 Å². The van der Waals surface area contributed by atoms with Gasteiger partial charge in [0.2, 0.25) is 0 Å². The normalized spacial score (nSPS) is 27.7. The maximum atomic E-state index is 11.8. The first kappa shape index (κ1) is 8.79. The molecule has 0 radical (unpaired) electrons. The van der Waals surface area contributed by atoms with Gasteiger partial charge in [0.05, 0.1) is 5.75 Å². The summed E-state index contributed by atoms with van der Waals surface area (Å²) < 4.78 is 5.16. The third-order valence-corrected chi connectivity index (χ3v) is 3.75. The molecule has 5 heteroatoms. The lowest BCUT2D eigenvalue weighted by atomic mass is 10.1. The van der Waals surface area contributed by atoms with Crippen molar-refractivity contribution in [2.45, 2.75) is 4.93 Å². The van der Waals surface area contributed by atoms with Crippen molar-refractivity contribution in [3.8, 4) is 0 Å². The Morgan fingerprint density at radius 3 is 2.87 bits per heavy atom. The quantitative estimate of drug-likeness (QED) is 0.666. The fourth-order valence-electron chi connectivity index (χ4n) is 1.83. The number of ether oxygens (including phenoxy) is 1. The zero-order valence-corrected chi connectivity index (χ0v) is 8.47. The number of amides is 1. The van der Waals surface area contributed by atoms with Crippen LogP contribution in [0, 0.1) is 0 Å². The first-order chi connectivity index (χ1) is 7.22. The third-order valence-electron chi connectivity index (χ3n) is 2.48. The van der Waals surface area contributed by atoms with E-state index in [-0.39, 0.29) is 17.6 Å². The molecule has 1 N–H and O–H groups in total. The van der Waals surface area contributed by atoms with E-state index in [1.807, 2.05) is 12.1 Å². The van der Waals surface area contributed by atoms with Crippen LogP contribution >= 0.6 is 11.8 Å². The number of nitrogens with one attached hydrogen (secondary N) is 1. The van der Waals surface area contributed by atoms with E-state index in [1.54, 1.807) is 12.1 Å². The summed E-state index contributed by atoms with van der Waals surface area (Å²) in [6, 6.07) is 7.26. The van der Waals surface area contributed by atoms with Gasteiger partial charge < -0.3 is 10.1 Å². The molecule has 1 atom stereocenters. The second-order valence-corrected chi connectivity index (χ2v) is 4.53. The van der Waals surface area contributed by atoms with Gasteiger partial charge in [-0.15, -0.1) is 0 Å². The fraction of sp³-hybridized carbons (Fsp3) is 0.200. The summed E-state index contributed by atoms with van der Waals surface area (Å²) in [5, 5.41) is 2.71. The number of hydrogen-bond acceptors (Lipinski definition) is 4. The summed E-state index contributed by atoms with van der Waals surface area (Å²) in [7, 11) is 0. The van der Waals surface area contributed by atoms with Crippen LogP contribution < -0.4 is 5.32 Å². The van der Waals surface area contributed by atoms with Gasteiger partial charge in [0.25, 0.3) is 10.8 Å². The molecular weight excluding hydrogens is 214 g/mol. The van der Waals surface area contributed by atoms with Crippen LogP contribution in [0.25, 0.3) is 0 Å². The minimum absolute atomic E-state index is 0.224. The van der Waals surface area contributed by atoms with E-state index in [2.05, 4.69) is 5.32 Å². The number of benzene rings is 1. The van der Waals surface area contributed by atoms with Crippen molar-refractivity contribution < 1.29 is 14.3 Å². The Bertz CT molecular complexity index is 473. The van der Waals surface area contributed by atoms with Crippen molar-refractivity contribution >= 4 is 29.3 Å². The van der Waals surface area contributed by atoms with Gasteiger partial charge in [0.1, 0.15) is 0 Å². The molecule has 1 saturated heterocycles. The summed E-state index contributed by atoms with van der Waals surface area (Å²) in [5.74, 6) is -0.381. The van der Waals surface area contributed by atoms with Gasteiger partial charge in [-0.25, -0.2) is 0 Å². The highest BCUT2D eigenvalue weighted by Crippen LogP contribution is 2.49. The van der Waals surface area contributed by atoms with Crippen LogP contribution in [0.2, 0.25) is 0 Å². The monoisotopic (exact) mass is 221 g/mol. The number of esters is 1. The van der Waals surface area contributed by atoms with E-state index in [4.69, 9.17) is 4.74 Å². The van der Waals surface area contributed by atoms with Gasteiger partial charge in [-0.05, 0) is 6.07 Å². The van der Waals surface area contributed by atoms with Crippen LogP contribution in [0.1, 0.15) is 5.56 Å². The van der Waals surface area contributed by atoms with Crippen molar-refractivity contribution in [3.63, 3.8) is 0 Å². The molecular formula is C10H7NO3S. The first-order valence-electron chi connectivity index (χ1n) is 4.49. The van der Waals surface area contributed by atoms with Crippen molar-refractivity contribution in [2.75, 3.05) is 11.1 Å². The standard InChI is InChI=1S/C10H7NO3S/c12-8-5-15-10(14-8)6-3-1-2-4-7(6)11-9(10)13/h1-4H,5H2,(H,11,13). The molecule has 1 spiro atoms. The number of thioether (sulfide) groups is 1. The number of anilines is 1. The molecule has 2 heterocycles. The Labute approximate surface area is 90.0 Å². The van der Waals surface area contributed by atoms with E-state index in [9.17, 15) is 9.59 Å². The molecule has 1 unspecified atom stereocenters. The number of carbonyl (C=O) groups excluding carboxylic acids is 2. The van der Waals surface area contributed by atoms with Gasteiger partial charge in [0, 0.05) is 11.3 Å². The summed E-state index contributed by atoms with van der Waals surface area (Å²) in [6.45, 7) is 0. The Morgan fingerprint density at radius 2 is 2.13 bits per heavy atom. The Balaban J connectivity index is 2.17. The molecule has 15 heavy (non-hydrogen) atoms. The average Bonchev–Trinajstić information content (AvgIpc) is 2.73. The predicted molar refractivity (Wildman–Crippen MR) is 55.3 cm³/mol. The van der Waals surface area contributed by atoms with Gasteiger partial charge in [0.15, 0.2) is 0 Å². The van der Waals surface area contributed by atoms with Gasteiger partial charge in [-0.1, -0.05) is 30.0 Å². The molecule has 1 aromatic carbocycles. The lowest BCUT2D eigenvalue weighted by Gasteiger charge is -2.17. The highest BCUT2D eigenvalue weighted by molar-refractivity contribution is 8.01. The molecule has 3 rings (SSSR count).